The standard InChI is InChI=1S/C17H16N2O3S/c1-17(12-6-4-3-5-7-12)15(20)19(16(23)22-17)18-13-8-10-14(21-2)11-9-13/h3-11,18H,1-2H3. The number of amides is 1. The molecule has 23 heavy (non-hydrogen) atoms. The average Bonchev–Trinajstić information content (AvgIpc) is 2.81. The number of anilines is 1. The summed E-state index contributed by atoms with van der Waals surface area (Å²) in [6.45, 7) is 1.71. The maximum atomic E-state index is 12.8. The van der Waals surface area contributed by atoms with Crippen molar-refractivity contribution in [3.63, 3.8) is 0 Å². The highest BCUT2D eigenvalue weighted by molar-refractivity contribution is 7.80. The van der Waals surface area contributed by atoms with Gasteiger partial charge in [0.15, 0.2) is 0 Å². The number of nitrogens with one attached hydrogen (secondary N) is 1. The van der Waals surface area contributed by atoms with Crippen molar-refractivity contribution in [3.05, 3.63) is 60.2 Å². The molecule has 2 aromatic rings. The van der Waals surface area contributed by atoms with Gasteiger partial charge in [-0.15, -0.1) is 0 Å². The van der Waals surface area contributed by atoms with E-state index in [-0.39, 0.29) is 11.1 Å². The van der Waals surface area contributed by atoms with Gasteiger partial charge in [-0.1, -0.05) is 30.3 Å². The first-order valence-electron chi connectivity index (χ1n) is 7.08. The highest BCUT2D eigenvalue weighted by Gasteiger charge is 2.50. The Hall–Kier alpha value is -2.60. The summed E-state index contributed by atoms with van der Waals surface area (Å²) in [7, 11) is 1.60. The first-order valence-corrected chi connectivity index (χ1v) is 7.49. The Kier molecular flexibility index (Phi) is 3.92. The topological polar surface area (TPSA) is 50.8 Å². The van der Waals surface area contributed by atoms with E-state index in [9.17, 15) is 4.79 Å². The molecular weight excluding hydrogens is 312 g/mol. The predicted octanol–water partition coefficient (Wildman–Crippen LogP) is 3.08. The zero-order chi connectivity index (χ0) is 16.4. The molecule has 6 heteroatoms. The van der Waals surface area contributed by atoms with Gasteiger partial charge in [-0.05, 0) is 43.4 Å². The second kappa shape index (κ2) is 5.89. The average molecular weight is 328 g/mol. The van der Waals surface area contributed by atoms with Gasteiger partial charge in [0, 0.05) is 5.56 Å². The van der Waals surface area contributed by atoms with Crippen molar-refractivity contribution >= 4 is 29.0 Å². The van der Waals surface area contributed by atoms with Crippen molar-refractivity contribution in [2.45, 2.75) is 12.5 Å². The lowest BCUT2D eigenvalue weighted by atomic mass is 9.95. The number of ether oxygens (including phenoxy) is 2. The van der Waals surface area contributed by atoms with Crippen LogP contribution < -0.4 is 10.2 Å². The summed E-state index contributed by atoms with van der Waals surface area (Å²) in [6, 6.07) is 16.5. The lowest BCUT2D eigenvalue weighted by molar-refractivity contribution is -0.135. The number of hydrazine groups is 1. The van der Waals surface area contributed by atoms with E-state index in [0.717, 1.165) is 11.3 Å². The predicted molar refractivity (Wildman–Crippen MR) is 90.9 cm³/mol. The summed E-state index contributed by atoms with van der Waals surface area (Å²) >= 11 is 5.21. The normalized spacial score (nSPS) is 20.3. The van der Waals surface area contributed by atoms with Crippen molar-refractivity contribution in [3.8, 4) is 5.75 Å². The van der Waals surface area contributed by atoms with Gasteiger partial charge < -0.3 is 9.47 Å². The van der Waals surface area contributed by atoms with Gasteiger partial charge in [-0.3, -0.25) is 10.2 Å². The molecule has 1 aliphatic rings. The van der Waals surface area contributed by atoms with Crippen LogP contribution in [-0.2, 0) is 15.1 Å². The van der Waals surface area contributed by atoms with Crippen LogP contribution in [0.3, 0.4) is 0 Å². The third kappa shape index (κ3) is 2.73. The maximum Gasteiger partial charge on any atom is 0.297 e. The van der Waals surface area contributed by atoms with E-state index >= 15 is 0 Å². The Labute approximate surface area is 139 Å². The van der Waals surface area contributed by atoms with E-state index < -0.39 is 5.60 Å². The molecule has 3 rings (SSSR count). The summed E-state index contributed by atoms with van der Waals surface area (Å²) in [5.41, 5.74) is 3.32. The third-order valence-electron chi connectivity index (χ3n) is 3.74. The molecule has 1 amide bonds. The van der Waals surface area contributed by atoms with Gasteiger partial charge in [0.1, 0.15) is 5.75 Å². The van der Waals surface area contributed by atoms with Crippen LogP contribution in [0.25, 0.3) is 0 Å². The smallest absolute Gasteiger partial charge is 0.297 e. The fourth-order valence-corrected chi connectivity index (χ4v) is 2.69. The zero-order valence-corrected chi connectivity index (χ0v) is 13.6. The number of carbonyl (C=O) groups excluding carboxylic acids is 1. The lowest BCUT2D eigenvalue weighted by Gasteiger charge is -2.21. The minimum Gasteiger partial charge on any atom is -0.497 e. The Balaban J connectivity index is 1.84. The largest absolute Gasteiger partial charge is 0.497 e. The Morgan fingerprint density at radius 3 is 2.39 bits per heavy atom. The van der Waals surface area contributed by atoms with E-state index in [1.807, 2.05) is 30.3 Å². The van der Waals surface area contributed by atoms with E-state index in [1.165, 1.54) is 5.01 Å². The quantitative estimate of drug-likeness (QED) is 0.874. The molecule has 0 bridgehead atoms. The monoisotopic (exact) mass is 328 g/mol. The Morgan fingerprint density at radius 1 is 1.13 bits per heavy atom. The summed E-state index contributed by atoms with van der Waals surface area (Å²) in [4.78, 5) is 12.8. The molecule has 1 atom stereocenters. The van der Waals surface area contributed by atoms with E-state index in [0.29, 0.717) is 5.69 Å². The molecule has 118 valence electrons. The number of rotatable bonds is 4. The van der Waals surface area contributed by atoms with Crippen LogP contribution >= 0.6 is 12.2 Å². The third-order valence-corrected chi connectivity index (χ3v) is 4.01. The van der Waals surface area contributed by atoms with Gasteiger partial charge in [0.25, 0.3) is 11.1 Å². The highest BCUT2D eigenvalue weighted by atomic mass is 32.1. The second-order valence-corrected chi connectivity index (χ2v) is 5.60. The van der Waals surface area contributed by atoms with Crippen LogP contribution in [0.2, 0.25) is 0 Å². The highest BCUT2D eigenvalue weighted by Crippen LogP contribution is 2.34. The summed E-state index contributed by atoms with van der Waals surface area (Å²) in [5.74, 6) is 0.473. The fourth-order valence-electron chi connectivity index (χ4n) is 2.39. The minimum atomic E-state index is -1.13. The van der Waals surface area contributed by atoms with Crippen LogP contribution in [0.15, 0.2) is 54.6 Å². The summed E-state index contributed by atoms with van der Waals surface area (Å²) in [5, 5.41) is 1.35. The number of nitrogens with zero attached hydrogens (tertiary/aromatic N) is 1. The first kappa shape index (κ1) is 15.3. The van der Waals surface area contributed by atoms with Crippen molar-refractivity contribution < 1.29 is 14.3 Å². The zero-order valence-electron chi connectivity index (χ0n) is 12.8. The molecule has 2 aromatic carbocycles. The molecule has 1 heterocycles. The number of hydrogen-bond acceptors (Lipinski definition) is 5. The Bertz CT molecular complexity index is 733. The number of benzene rings is 2. The fraction of sp³-hybridized carbons (Fsp3) is 0.176. The van der Waals surface area contributed by atoms with E-state index in [2.05, 4.69) is 5.43 Å². The molecule has 1 unspecified atom stereocenters. The molecular formula is C17H16N2O3S. The molecule has 0 radical (unpaired) electrons. The molecule has 0 aromatic heterocycles. The molecule has 1 fully saturated rings. The molecule has 0 spiro atoms. The molecule has 5 nitrogen and oxygen atoms in total. The van der Waals surface area contributed by atoms with Gasteiger partial charge in [-0.25, -0.2) is 0 Å². The number of thiocarbonyl (C=S) groups is 1. The Morgan fingerprint density at radius 2 is 1.78 bits per heavy atom. The first-order chi connectivity index (χ1) is 11.0. The van der Waals surface area contributed by atoms with Crippen LogP contribution in [-0.4, -0.2) is 23.2 Å². The summed E-state index contributed by atoms with van der Waals surface area (Å²) < 4.78 is 10.8. The number of hydrogen-bond donors (Lipinski definition) is 1. The van der Waals surface area contributed by atoms with E-state index in [4.69, 9.17) is 21.7 Å². The van der Waals surface area contributed by atoms with Crippen LogP contribution in [0.5, 0.6) is 5.75 Å². The number of carbonyl (C=O) groups is 1. The van der Waals surface area contributed by atoms with Crippen molar-refractivity contribution in [2.75, 3.05) is 12.5 Å². The maximum absolute atomic E-state index is 12.8. The van der Waals surface area contributed by atoms with Crippen molar-refractivity contribution in [1.29, 1.82) is 0 Å². The molecule has 0 aliphatic carbocycles. The lowest BCUT2D eigenvalue weighted by Crippen LogP contribution is -2.39. The van der Waals surface area contributed by atoms with Crippen LogP contribution in [0, 0.1) is 0 Å². The van der Waals surface area contributed by atoms with E-state index in [1.54, 1.807) is 38.3 Å². The molecule has 1 N–H and O–H groups in total. The molecule has 0 saturated carbocycles. The summed E-state index contributed by atoms with van der Waals surface area (Å²) in [6.07, 6.45) is 0. The van der Waals surface area contributed by atoms with Gasteiger partial charge in [-0.2, -0.15) is 5.01 Å². The van der Waals surface area contributed by atoms with Crippen molar-refractivity contribution in [1.82, 2.24) is 5.01 Å². The van der Waals surface area contributed by atoms with Gasteiger partial charge >= 0.3 is 0 Å². The van der Waals surface area contributed by atoms with Gasteiger partial charge in [0.2, 0.25) is 5.60 Å². The van der Waals surface area contributed by atoms with Gasteiger partial charge in [0.05, 0.1) is 12.8 Å². The second-order valence-electron chi connectivity index (χ2n) is 5.25. The minimum absolute atomic E-state index is 0.0946. The molecule has 1 aliphatic heterocycles. The van der Waals surface area contributed by atoms with Crippen molar-refractivity contribution in [2.24, 2.45) is 0 Å². The van der Waals surface area contributed by atoms with Crippen LogP contribution in [0.1, 0.15) is 12.5 Å². The SMILES string of the molecule is COc1ccc(NN2C(=O)C(C)(c3ccccc3)OC2=S)cc1. The van der Waals surface area contributed by atoms with Crippen LogP contribution in [0.4, 0.5) is 5.69 Å². The molecule has 1 saturated heterocycles. The number of methoxy groups -OCH3 is 1.